The lowest BCUT2D eigenvalue weighted by molar-refractivity contribution is -0.141. The van der Waals surface area contributed by atoms with Crippen LogP contribution in [0.4, 0.5) is 13.2 Å². The number of aromatic nitrogens is 2. The van der Waals surface area contributed by atoms with Crippen LogP contribution in [0, 0.1) is 5.92 Å². The van der Waals surface area contributed by atoms with E-state index in [2.05, 4.69) is 10.3 Å². The van der Waals surface area contributed by atoms with E-state index in [-0.39, 0.29) is 0 Å². The predicted octanol–water partition coefficient (Wildman–Crippen LogP) is 3.36. The number of fused-ring (bicyclic) bond motifs is 1. The molecule has 7 heteroatoms. The van der Waals surface area contributed by atoms with E-state index in [4.69, 9.17) is 4.42 Å². The summed E-state index contributed by atoms with van der Waals surface area (Å²) in [6.07, 6.45) is 3.66. The monoisotopic (exact) mass is 325 g/mol. The second-order valence-electron chi connectivity index (χ2n) is 5.67. The Balaban J connectivity index is 1.47. The van der Waals surface area contributed by atoms with Crippen molar-refractivity contribution in [3.8, 4) is 0 Å². The van der Waals surface area contributed by atoms with Gasteiger partial charge in [-0.3, -0.25) is 0 Å². The zero-order valence-electron chi connectivity index (χ0n) is 12.5. The molecule has 1 N–H and O–H groups in total. The maximum Gasteiger partial charge on any atom is 0.434 e. The van der Waals surface area contributed by atoms with Gasteiger partial charge in [0.15, 0.2) is 5.69 Å². The molecule has 1 atom stereocenters. The number of nitrogens with zero attached hydrogens (tertiary/aromatic N) is 2. The number of halogens is 3. The Morgan fingerprint density at radius 1 is 1.43 bits per heavy atom. The van der Waals surface area contributed by atoms with Crippen LogP contribution in [0.25, 0.3) is 6.08 Å². The standard InChI is InChI=1S/C16H18F3N3O/c17-16(18,19)14-11-22-10-12(5-6-15(22)21-14)9-20-7-1-3-13-4-2-8-23-13/h1-4,8,11-12,20H,5-7,9-10H2/b3-1+. The third kappa shape index (κ3) is 4.04. The Labute approximate surface area is 132 Å². The van der Waals surface area contributed by atoms with E-state index < -0.39 is 11.9 Å². The van der Waals surface area contributed by atoms with Gasteiger partial charge in [0.05, 0.1) is 6.26 Å². The fourth-order valence-corrected chi connectivity index (χ4v) is 2.75. The van der Waals surface area contributed by atoms with Gasteiger partial charge in [0.25, 0.3) is 0 Å². The Morgan fingerprint density at radius 2 is 2.30 bits per heavy atom. The molecule has 0 aliphatic carbocycles. The number of furan rings is 1. The average molecular weight is 325 g/mol. The summed E-state index contributed by atoms with van der Waals surface area (Å²) in [5.74, 6) is 1.65. The number of imidazole rings is 1. The molecule has 2 aromatic rings. The molecule has 4 nitrogen and oxygen atoms in total. The fourth-order valence-electron chi connectivity index (χ4n) is 2.75. The van der Waals surface area contributed by atoms with Crippen molar-refractivity contribution in [3.63, 3.8) is 0 Å². The van der Waals surface area contributed by atoms with Crippen molar-refractivity contribution in [2.24, 2.45) is 5.92 Å². The maximum atomic E-state index is 12.7. The second-order valence-corrected chi connectivity index (χ2v) is 5.67. The molecule has 2 aromatic heterocycles. The summed E-state index contributed by atoms with van der Waals surface area (Å²) in [6.45, 7) is 2.04. The molecule has 0 radical (unpaired) electrons. The van der Waals surface area contributed by atoms with Crippen LogP contribution in [0.2, 0.25) is 0 Å². The molecular formula is C16H18F3N3O. The van der Waals surface area contributed by atoms with Crippen molar-refractivity contribution in [1.82, 2.24) is 14.9 Å². The summed E-state index contributed by atoms with van der Waals surface area (Å²) >= 11 is 0. The minimum atomic E-state index is -4.37. The van der Waals surface area contributed by atoms with Gasteiger partial charge >= 0.3 is 6.18 Å². The van der Waals surface area contributed by atoms with Crippen LogP contribution in [0.5, 0.6) is 0 Å². The zero-order chi connectivity index (χ0) is 16.3. The van der Waals surface area contributed by atoms with Gasteiger partial charge in [0, 0.05) is 25.7 Å². The van der Waals surface area contributed by atoms with E-state index in [1.807, 2.05) is 24.3 Å². The number of hydrogen-bond donors (Lipinski definition) is 1. The van der Waals surface area contributed by atoms with Crippen molar-refractivity contribution >= 4 is 6.08 Å². The predicted molar refractivity (Wildman–Crippen MR) is 79.7 cm³/mol. The molecule has 0 fully saturated rings. The lowest BCUT2D eigenvalue weighted by Gasteiger charge is -2.23. The molecule has 0 saturated carbocycles. The lowest BCUT2D eigenvalue weighted by Crippen LogP contribution is -2.30. The molecule has 3 rings (SSSR count). The molecular weight excluding hydrogens is 307 g/mol. The van der Waals surface area contributed by atoms with Crippen LogP contribution >= 0.6 is 0 Å². The molecule has 0 bridgehead atoms. The van der Waals surface area contributed by atoms with E-state index in [9.17, 15) is 13.2 Å². The van der Waals surface area contributed by atoms with Gasteiger partial charge in [0.2, 0.25) is 0 Å². The maximum absolute atomic E-state index is 12.7. The minimum Gasteiger partial charge on any atom is -0.465 e. The highest BCUT2D eigenvalue weighted by molar-refractivity contribution is 5.42. The van der Waals surface area contributed by atoms with Crippen LogP contribution in [0.3, 0.4) is 0 Å². The zero-order valence-corrected chi connectivity index (χ0v) is 12.5. The van der Waals surface area contributed by atoms with Gasteiger partial charge in [-0.1, -0.05) is 6.08 Å². The van der Waals surface area contributed by atoms with Crippen LogP contribution in [0.15, 0.2) is 35.1 Å². The van der Waals surface area contributed by atoms with Crippen LogP contribution in [-0.4, -0.2) is 22.6 Å². The van der Waals surface area contributed by atoms with Crippen molar-refractivity contribution in [3.05, 3.63) is 47.9 Å². The molecule has 1 aliphatic rings. The van der Waals surface area contributed by atoms with Gasteiger partial charge < -0.3 is 14.3 Å². The van der Waals surface area contributed by atoms with Crippen molar-refractivity contribution in [2.45, 2.75) is 25.6 Å². The smallest absolute Gasteiger partial charge is 0.434 e. The van der Waals surface area contributed by atoms with E-state index in [1.165, 1.54) is 0 Å². The van der Waals surface area contributed by atoms with Gasteiger partial charge in [-0.15, -0.1) is 0 Å². The van der Waals surface area contributed by atoms with Crippen LogP contribution in [0.1, 0.15) is 23.7 Å². The molecule has 0 amide bonds. The Bertz CT molecular complexity index is 659. The first-order valence-corrected chi connectivity index (χ1v) is 7.56. The fraction of sp³-hybridized carbons (Fsp3) is 0.438. The molecule has 0 saturated heterocycles. The highest BCUT2D eigenvalue weighted by atomic mass is 19.4. The summed E-state index contributed by atoms with van der Waals surface area (Å²) in [5.41, 5.74) is -0.789. The van der Waals surface area contributed by atoms with Gasteiger partial charge in [-0.25, -0.2) is 4.98 Å². The molecule has 124 valence electrons. The van der Waals surface area contributed by atoms with Crippen molar-refractivity contribution in [1.29, 1.82) is 0 Å². The van der Waals surface area contributed by atoms with Crippen LogP contribution < -0.4 is 5.32 Å². The number of aryl methyl sites for hydroxylation is 1. The number of alkyl halides is 3. The first-order chi connectivity index (χ1) is 11.0. The molecule has 1 aliphatic heterocycles. The SMILES string of the molecule is FC(F)(F)c1cn2c(n1)CCC(CNC/C=C/c1ccco1)C2. The number of rotatable bonds is 5. The van der Waals surface area contributed by atoms with E-state index >= 15 is 0 Å². The quantitative estimate of drug-likeness (QED) is 0.857. The van der Waals surface area contributed by atoms with Crippen molar-refractivity contribution in [2.75, 3.05) is 13.1 Å². The second kappa shape index (κ2) is 6.62. The van der Waals surface area contributed by atoms with Gasteiger partial charge in [-0.2, -0.15) is 13.2 Å². The van der Waals surface area contributed by atoms with Crippen LogP contribution in [-0.2, 0) is 19.1 Å². The first-order valence-electron chi connectivity index (χ1n) is 7.56. The summed E-state index contributed by atoms with van der Waals surface area (Å²) in [5, 5.41) is 3.30. The molecule has 1 unspecified atom stereocenters. The topological polar surface area (TPSA) is 43.0 Å². The first kappa shape index (κ1) is 15.9. The largest absolute Gasteiger partial charge is 0.465 e. The number of nitrogens with one attached hydrogen (secondary N) is 1. The third-order valence-corrected chi connectivity index (χ3v) is 3.90. The lowest BCUT2D eigenvalue weighted by atomic mass is 9.99. The summed E-state index contributed by atoms with van der Waals surface area (Å²) < 4.78 is 44.8. The van der Waals surface area contributed by atoms with E-state index in [0.717, 1.165) is 24.9 Å². The van der Waals surface area contributed by atoms with E-state index in [0.29, 0.717) is 31.3 Å². The molecule has 23 heavy (non-hydrogen) atoms. The molecule has 0 spiro atoms. The van der Waals surface area contributed by atoms with Gasteiger partial charge in [-0.05, 0) is 37.1 Å². The average Bonchev–Trinajstić information content (AvgIpc) is 3.14. The highest BCUT2D eigenvalue weighted by Crippen LogP contribution is 2.30. The highest BCUT2D eigenvalue weighted by Gasteiger charge is 2.35. The summed E-state index contributed by atoms with van der Waals surface area (Å²) in [4.78, 5) is 3.69. The van der Waals surface area contributed by atoms with E-state index in [1.54, 1.807) is 10.8 Å². The Hall–Kier alpha value is -2.02. The molecule has 3 heterocycles. The number of hydrogen-bond acceptors (Lipinski definition) is 3. The Morgan fingerprint density at radius 3 is 3.04 bits per heavy atom. The molecule has 0 aromatic carbocycles. The normalized spacial score (nSPS) is 18.5. The third-order valence-electron chi connectivity index (χ3n) is 3.90. The van der Waals surface area contributed by atoms with Gasteiger partial charge in [0.1, 0.15) is 11.6 Å². The van der Waals surface area contributed by atoms with Crippen molar-refractivity contribution < 1.29 is 17.6 Å². The Kier molecular flexibility index (Phi) is 4.56. The summed E-state index contributed by atoms with van der Waals surface area (Å²) in [6, 6.07) is 3.70. The summed E-state index contributed by atoms with van der Waals surface area (Å²) in [7, 11) is 0. The minimum absolute atomic E-state index is 0.315.